The van der Waals surface area contributed by atoms with Crippen molar-refractivity contribution in [3.05, 3.63) is 54.1 Å². The standard InChI is InChI=1S/C22H27NO2/c1-5-22(3,4)16-6-10-18(11-7-16)25-19-12-8-17(9-13-19)23-21(24)20-14-15(20)2/h6-13,15,20H,5,14H2,1-4H3,(H,23,24). The molecule has 0 aromatic heterocycles. The van der Waals surface area contributed by atoms with E-state index in [0.717, 1.165) is 30.0 Å². The van der Waals surface area contributed by atoms with E-state index in [-0.39, 0.29) is 17.2 Å². The van der Waals surface area contributed by atoms with E-state index in [9.17, 15) is 4.79 Å². The number of amides is 1. The van der Waals surface area contributed by atoms with Gasteiger partial charge >= 0.3 is 0 Å². The molecule has 25 heavy (non-hydrogen) atoms. The molecule has 0 aliphatic heterocycles. The normalized spacial score (nSPS) is 19.4. The Balaban J connectivity index is 1.60. The topological polar surface area (TPSA) is 38.3 Å². The first-order chi connectivity index (χ1) is 11.9. The Kier molecular flexibility index (Phi) is 4.85. The fraction of sp³-hybridized carbons (Fsp3) is 0.409. The molecule has 1 aliphatic rings. The summed E-state index contributed by atoms with van der Waals surface area (Å²) in [5.41, 5.74) is 2.31. The van der Waals surface area contributed by atoms with Gasteiger partial charge in [0.05, 0.1) is 0 Å². The van der Waals surface area contributed by atoms with Gasteiger partial charge in [0.25, 0.3) is 0 Å². The Labute approximate surface area is 150 Å². The molecule has 3 nitrogen and oxygen atoms in total. The zero-order chi connectivity index (χ0) is 18.0. The van der Waals surface area contributed by atoms with E-state index in [1.807, 2.05) is 36.4 Å². The van der Waals surface area contributed by atoms with Crippen molar-refractivity contribution in [2.24, 2.45) is 11.8 Å². The minimum atomic E-state index is 0.121. The lowest BCUT2D eigenvalue weighted by molar-refractivity contribution is -0.117. The molecule has 1 fully saturated rings. The number of benzene rings is 2. The molecule has 2 aromatic carbocycles. The van der Waals surface area contributed by atoms with Gasteiger partial charge in [-0.3, -0.25) is 4.79 Å². The van der Waals surface area contributed by atoms with Crippen molar-refractivity contribution < 1.29 is 9.53 Å². The first-order valence-electron chi connectivity index (χ1n) is 9.08. The summed E-state index contributed by atoms with van der Waals surface area (Å²) in [4.78, 5) is 12.0. The maximum absolute atomic E-state index is 12.0. The monoisotopic (exact) mass is 337 g/mol. The Hall–Kier alpha value is -2.29. The number of hydrogen-bond acceptors (Lipinski definition) is 2. The Morgan fingerprint density at radius 1 is 1.08 bits per heavy atom. The van der Waals surface area contributed by atoms with E-state index in [4.69, 9.17) is 4.74 Å². The van der Waals surface area contributed by atoms with Crippen molar-refractivity contribution in [3.8, 4) is 11.5 Å². The summed E-state index contributed by atoms with van der Waals surface area (Å²) in [6.45, 7) is 8.80. The van der Waals surface area contributed by atoms with Gasteiger partial charge in [-0.15, -0.1) is 0 Å². The fourth-order valence-corrected chi connectivity index (χ4v) is 2.84. The Bertz CT molecular complexity index is 732. The molecule has 1 aliphatic carbocycles. The molecule has 0 bridgehead atoms. The van der Waals surface area contributed by atoms with Crippen LogP contribution in [0.5, 0.6) is 11.5 Å². The third kappa shape index (κ3) is 4.22. The van der Waals surface area contributed by atoms with Gasteiger partial charge in [-0.05, 0) is 66.1 Å². The van der Waals surface area contributed by atoms with Gasteiger partial charge in [-0.2, -0.15) is 0 Å². The summed E-state index contributed by atoms with van der Waals surface area (Å²) in [5, 5.41) is 2.96. The molecule has 0 radical (unpaired) electrons. The second-order valence-corrected chi connectivity index (χ2v) is 7.70. The zero-order valence-corrected chi connectivity index (χ0v) is 15.5. The summed E-state index contributed by atoms with van der Waals surface area (Å²) >= 11 is 0. The molecule has 1 amide bonds. The van der Waals surface area contributed by atoms with Crippen molar-refractivity contribution >= 4 is 11.6 Å². The molecule has 0 saturated heterocycles. The van der Waals surface area contributed by atoms with Crippen LogP contribution in [0.15, 0.2) is 48.5 Å². The maximum atomic E-state index is 12.0. The van der Waals surface area contributed by atoms with Crippen LogP contribution < -0.4 is 10.1 Å². The largest absolute Gasteiger partial charge is 0.457 e. The average Bonchev–Trinajstić information content (AvgIpc) is 3.34. The SMILES string of the molecule is CCC(C)(C)c1ccc(Oc2ccc(NC(=O)C3CC3C)cc2)cc1. The molecule has 3 heteroatoms. The van der Waals surface area contributed by atoms with Crippen LogP contribution >= 0.6 is 0 Å². The second-order valence-electron chi connectivity index (χ2n) is 7.70. The smallest absolute Gasteiger partial charge is 0.227 e. The number of carbonyl (C=O) groups excluding carboxylic acids is 1. The van der Waals surface area contributed by atoms with Gasteiger partial charge in [0.15, 0.2) is 0 Å². The number of ether oxygens (including phenoxy) is 1. The molecular weight excluding hydrogens is 310 g/mol. The van der Waals surface area contributed by atoms with Crippen molar-refractivity contribution in [1.82, 2.24) is 0 Å². The van der Waals surface area contributed by atoms with Crippen LogP contribution in [0.4, 0.5) is 5.69 Å². The number of rotatable bonds is 6. The van der Waals surface area contributed by atoms with Crippen LogP contribution in [-0.4, -0.2) is 5.91 Å². The van der Waals surface area contributed by atoms with Crippen LogP contribution in [0.3, 0.4) is 0 Å². The van der Waals surface area contributed by atoms with Gasteiger partial charge in [0.1, 0.15) is 11.5 Å². The summed E-state index contributed by atoms with van der Waals surface area (Å²) in [6, 6.07) is 15.8. The summed E-state index contributed by atoms with van der Waals surface area (Å²) in [6.07, 6.45) is 2.10. The molecule has 1 N–H and O–H groups in total. The lowest BCUT2D eigenvalue weighted by atomic mass is 9.82. The zero-order valence-electron chi connectivity index (χ0n) is 15.5. The van der Waals surface area contributed by atoms with Gasteiger partial charge in [0.2, 0.25) is 5.91 Å². The van der Waals surface area contributed by atoms with E-state index < -0.39 is 0 Å². The van der Waals surface area contributed by atoms with Crippen molar-refractivity contribution in [2.45, 2.75) is 46.0 Å². The Morgan fingerprint density at radius 2 is 1.60 bits per heavy atom. The third-order valence-corrected chi connectivity index (χ3v) is 5.32. The maximum Gasteiger partial charge on any atom is 0.227 e. The van der Waals surface area contributed by atoms with Crippen LogP contribution in [0.2, 0.25) is 0 Å². The van der Waals surface area contributed by atoms with Crippen molar-refractivity contribution in [2.75, 3.05) is 5.32 Å². The predicted molar refractivity (Wildman–Crippen MR) is 102 cm³/mol. The van der Waals surface area contributed by atoms with Gasteiger partial charge in [0, 0.05) is 11.6 Å². The average molecular weight is 337 g/mol. The quantitative estimate of drug-likeness (QED) is 0.727. The van der Waals surface area contributed by atoms with Gasteiger partial charge in [-0.1, -0.05) is 39.8 Å². The number of nitrogens with one attached hydrogen (secondary N) is 1. The van der Waals surface area contributed by atoms with Crippen molar-refractivity contribution in [3.63, 3.8) is 0 Å². The number of anilines is 1. The van der Waals surface area contributed by atoms with E-state index in [1.54, 1.807) is 0 Å². The highest BCUT2D eigenvalue weighted by molar-refractivity contribution is 5.94. The summed E-state index contributed by atoms with van der Waals surface area (Å²) < 4.78 is 5.90. The number of carbonyl (C=O) groups is 1. The molecule has 2 atom stereocenters. The first kappa shape index (κ1) is 17.5. The summed E-state index contributed by atoms with van der Waals surface area (Å²) in [5.74, 6) is 2.40. The van der Waals surface area contributed by atoms with E-state index in [0.29, 0.717) is 5.92 Å². The van der Waals surface area contributed by atoms with Gasteiger partial charge in [-0.25, -0.2) is 0 Å². The third-order valence-electron chi connectivity index (χ3n) is 5.32. The van der Waals surface area contributed by atoms with Crippen molar-refractivity contribution in [1.29, 1.82) is 0 Å². The molecule has 2 unspecified atom stereocenters. The molecule has 0 spiro atoms. The molecular formula is C22H27NO2. The van der Waals surface area contributed by atoms with E-state index in [2.05, 4.69) is 45.1 Å². The minimum Gasteiger partial charge on any atom is -0.457 e. The molecule has 132 valence electrons. The molecule has 2 aromatic rings. The highest BCUT2D eigenvalue weighted by atomic mass is 16.5. The molecule has 3 rings (SSSR count). The minimum absolute atomic E-state index is 0.121. The lowest BCUT2D eigenvalue weighted by Gasteiger charge is -2.23. The van der Waals surface area contributed by atoms with Crippen LogP contribution in [0, 0.1) is 11.8 Å². The highest BCUT2D eigenvalue weighted by Gasteiger charge is 2.39. The predicted octanol–water partition coefficient (Wildman–Crippen LogP) is 5.76. The molecule has 0 heterocycles. The van der Waals surface area contributed by atoms with Gasteiger partial charge < -0.3 is 10.1 Å². The van der Waals surface area contributed by atoms with Crippen LogP contribution in [0.25, 0.3) is 0 Å². The lowest BCUT2D eigenvalue weighted by Crippen LogP contribution is -2.14. The first-order valence-corrected chi connectivity index (χ1v) is 9.08. The van der Waals surface area contributed by atoms with Crippen LogP contribution in [0.1, 0.15) is 46.1 Å². The Morgan fingerprint density at radius 3 is 2.08 bits per heavy atom. The summed E-state index contributed by atoms with van der Waals surface area (Å²) in [7, 11) is 0. The second kappa shape index (κ2) is 6.91. The van der Waals surface area contributed by atoms with E-state index in [1.165, 1.54) is 5.56 Å². The fourth-order valence-electron chi connectivity index (χ4n) is 2.84. The molecule has 1 saturated carbocycles. The number of hydrogen-bond donors (Lipinski definition) is 1. The van der Waals surface area contributed by atoms with Crippen LogP contribution in [-0.2, 0) is 10.2 Å². The highest BCUT2D eigenvalue weighted by Crippen LogP contribution is 2.38. The van der Waals surface area contributed by atoms with E-state index >= 15 is 0 Å².